The van der Waals surface area contributed by atoms with Gasteiger partial charge in [-0.05, 0) is 55.7 Å². The topological polar surface area (TPSA) is 55.8 Å². The molecule has 5 nitrogen and oxygen atoms in total. The van der Waals surface area contributed by atoms with Gasteiger partial charge in [0.15, 0.2) is 0 Å². The molecule has 1 aromatic carbocycles. The fraction of sp³-hybridized carbons (Fsp3) is 0.700. The Morgan fingerprint density at radius 2 is 2.00 bits per heavy atom. The number of likely N-dealkylation sites (tertiary alicyclic amines) is 1. The molecule has 3 aliphatic rings. The molecular formula is C20H30N2O3S. The number of rotatable bonds is 3. The number of hydrogen-bond donors (Lipinski definition) is 0. The van der Waals surface area contributed by atoms with Crippen LogP contribution in [0.4, 0.5) is 0 Å². The van der Waals surface area contributed by atoms with E-state index in [0.29, 0.717) is 19.0 Å². The second-order valence-corrected chi connectivity index (χ2v) is 10.3. The molecule has 2 saturated heterocycles. The minimum absolute atomic E-state index is 0.0615. The van der Waals surface area contributed by atoms with Crippen molar-refractivity contribution in [1.82, 2.24) is 9.21 Å². The Morgan fingerprint density at radius 1 is 1.27 bits per heavy atom. The van der Waals surface area contributed by atoms with Crippen LogP contribution in [0, 0.1) is 5.92 Å². The van der Waals surface area contributed by atoms with Gasteiger partial charge in [0, 0.05) is 25.3 Å². The van der Waals surface area contributed by atoms with Gasteiger partial charge in [-0.3, -0.25) is 4.90 Å². The maximum atomic E-state index is 12.5. The second kappa shape index (κ2) is 7.32. The van der Waals surface area contributed by atoms with Crippen LogP contribution in [0.1, 0.15) is 36.8 Å². The van der Waals surface area contributed by atoms with Crippen molar-refractivity contribution in [1.29, 1.82) is 0 Å². The van der Waals surface area contributed by atoms with Crippen LogP contribution in [0.25, 0.3) is 0 Å². The highest BCUT2D eigenvalue weighted by atomic mass is 32.3. The maximum absolute atomic E-state index is 12.5. The summed E-state index contributed by atoms with van der Waals surface area (Å²) in [6.07, 6.45) is 6.79. The Hall–Kier alpha value is -0.790. The first-order valence-electron chi connectivity index (χ1n) is 9.81. The third-order valence-electron chi connectivity index (χ3n) is 6.48. The first-order chi connectivity index (χ1) is 12.5. The van der Waals surface area contributed by atoms with E-state index >= 15 is 0 Å². The van der Waals surface area contributed by atoms with E-state index in [2.05, 4.69) is 23.1 Å². The lowest BCUT2D eigenvalue weighted by Gasteiger charge is -2.42. The van der Waals surface area contributed by atoms with Crippen LogP contribution < -0.4 is 0 Å². The molecule has 2 unspecified atom stereocenters. The first-order valence-corrected chi connectivity index (χ1v) is 11.7. The Morgan fingerprint density at radius 3 is 2.73 bits per heavy atom. The number of fused-ring (bicyclic) bond motifs is 1. The average molecular weight is 379 g/mol. The quantitative estimate of drug-likeness (QED) is 0.759. The van der Waals surface area contributed by atoms with Crippen molar-refractivity contribution in [3.63, 3.8) is 0 Å². The highest BCUT2D eigenvalue weighted by Crippen LogP contribution is 2.39. The molecule has 0 bridgehead atoms. The fourth-order valence-electron chi connectivity index (χ4n) is 5.00. The zero-order valence-electron chi connectivity index (χ0n) is 15.7. The fourth-order valence-corrected chi connectivity index (χ4v) is 5.85. The van der Waals surface area contributed by atoms with Gasteiger partial charge < -0.3 is 9.29 Å². The molecule has 144 valence electrons. The molecule has 6 heteroatoms. The predicted octanol–water partition coefficient (Wildman–Crippen LogP) is 2.48. The van der Waals surface area contributed by atoms with Crippen molar-refractivity contribution in [3.8, 4) is 0 Å². The van der Waals surface area contributed by atoms with E-state index in [4.69, 9.17) is 4.74 Å². The minimum Gasteiger partial charge on any atom is -0.598 e. The molecule has 0 saturated carbocycles. The molecular weight excluding hydrogens is 348 g/mol. The smallest absolute Gasteiger partial charge is 0.122 e. The molecule has 0 aromatic heterocycles. The monoisotopic (exact) mass is 378 g/mol. The van der Waals surface area contributed by atoms with Gasteiger partial charge in [0.1, 0.15) is 16.7 Å². The lowest BCUT2D eigenvalue weighted by atomic mass is 9.86. The summed E-state index contributed by atoms with van der Waals surface area (Å²) in [6, 6.07) is 8.38. The van der Waals surface area contributed by atoms with Crippen LogP contribution in [0.2, 0.25) is 0 Å². The Balaban J connectivity index is 1.64. The normalized spacial score (nSPS) is 30.8. The van der Waals surface area contributed by atoms with Crippen molar-refractivity contribution in [3.05, 3.63) is 35.4 Å². The van der Waals surface area contributed by atoms with E-state index < -0.39 is 10.4 Å². The van der Waals surface area contributed by atoms with Crippen molar-refractivity contribution < 1.29 is 13.5 Å². The van der Waals surface area contributed by atoms with Gasteiger partial charge in [0.2, 0.25) is 0 Å². The van der Waals surface area contributed by atoms with Crippen LogP contribution in [0.3, 0.4) is 0 Å². The molecule has 2 atom stereocenters. The largest absolute Gasteiger partial charge is 0.598 e. The SMILES string of the molecule is C[S+](=O)([O-])N1Cc2ccccc2CC2(CCCN2CC2CCOCC2)C1. The number of sulfonamides is 1. The lowest BCUT2D eigenvalue weighted by molar-refractivity contribution is 0.0319. The molecule has 1 spiro atoms. The molecule has 0 radical (unpaired) electrons. The van der Waals surface area contributed by atoms with Crippen LogP contribution in [-0.2, 0) is 32.3 Å². The van der Waals surface area contributed by atoms with E-state index in [9.17, 15) is 8.76 Å². The number of benzene rings is 1. The first kappa shape index (κ1) is 18.6. The van der Waals surface area contributed by atoms with Crippen LogP contribution >= 0.6 is 0 Å². The average Bonchev–Trinajstić information content (AvgIpc) is 2.88. The van der Waals surface area contributed by atoms with E-state index in [1.165, 1.54) is 11.8 Å². The van der Waals surface area contributed by atoms with E-state index in [1.807, 2.05) is 6.07 Å². The van der Waals surface area contributed by atoms with E-state index in [0.717, 1.165) is 64.0 Å². The molecule has 0 N–H and O–H groups in total. The van der Waals surface area contributed by atoms with Crippen LogP contribution in [-0.4, -0.2) is 58.4 Å². The Bertz CT molecular complexity index is 685. The highest BCUT2D eigenvalue weighted by molar-refractivity contribution is 7.94. The van der Waals surface area contributed by atoms with Crippen LogP contribution in [0.15, 0.2) is 24.3 Å². The highest BCUT2D eigenvalue weighted by Gasteiger charge is 2.47. The lowest BCUT2D eigenvalue weighted by Crippen LogP contribution is -2.55. The van der Waals surface area contributed by atoms with Crippen molar-refractivity contribution in [2.75, 3.05) is 39.1 Å². The zero-order chi connectivity index (χ0) is 18.2. The molecule has 1 aromatic rings. The number of nitrogens with zero attached hydrogens (tertiary/aromatic N) is 2. The Labute approximate surface area is 158 Å². The van der Waals surface area contributed by atoms with E-state index in [-0.39, 0.29) is 5.54 Å². The Kier molecular flexibility index (Phi) is 5.23. The number of hydrogen-bond acceptors (Lipinski definition) is 4. The van der Waals surface area contributed by atoms with Crippen molar-refractivity contribution in [2.24, 2.45) is 5.92 Å². The van der Waals surface area contributed by atoms with Crippen molar-refractivity contribution in [2.45, 2.75) is 44.2 Å². The van der Waals surface area contributed by atoms with Gasteiger partial charge in [-0.1, -0.05) is 28.5 Å². The van der Waals surface area contributed by atoms with Gasteiger partial charge in [-0.15, -0.1) is 4.31 Å². The molecule has 0 aliphatic carbocycles. The molecule has 2 fully saturated rings. The summed E-state index contributed by atoms with van der Waals surface area (Å²) in [4.78, 5) is 2.61. The van der Waals surface area contributed by atoms with Crippen molar-refractivity contribution >= 4 is 10.4 Å². The van der Waals surface area contributed by atoms with Gasteiger partial charge in [-0.25, -0.2) is 0 Å². The third-order valence-corrected chi connectivity index (χ3v) is 7.68. The van der Waals surface area contributed by atoms with Gasteiger partial charge in [-0.2, -0.15) is 0 Å². The van der Waals surface area contributed by atoms with Crippen LogP contribution in [0.5, 0.6) is 0 Å². The predicted molar refractivity (Wildman–Crippen MR) is 102 cm³/mol. The summed E-state index contributed by atoms with van der Waals surface area (Å²) in [5.41, 5.74) is 2.42. The summed E-state index contributed by atoms with van der Waals surface area (Å²) >= 11 is 0. The summed E-state index contributed by atoms with van der Waals surface area (Å²) in [5, 5.41) is 0. The summed E-state index contributed by atoms with van der Waals surface area (Å²) in [5.74, 6) is 0.670. The molecule has 3 heterocycles. The molecule has 26 heavy (non-hydrogen) atoms. The maximum Gasteiger partial charge on any atom is 0.122 e. The van der Waals surface area contributed by atoms with Gasteiger partial charge in [0.25, 0.3) is 0 Å². The summed E-state index contributed by atoms with van der Waals surface area (Å²) in [7, 11) is -3.23. The molecule has 4 rings (SSSR count). The van der Waals surface area contributed by atoms with E-state index in [1.54, 1.807) is 4.31 Å². The van der Waals surface area contributed by atoms with Gasteiger partial charge in [0.05, 0.1) is 13.1 Å². The molecule has 3 aliphatic heterocycles. The minimum atomic E-state index is -3.23. The molecule has 0 amide bonds. The second-order valence-electron chi connectivity index (χ2n) is 8.31. The summed E-state index contributed by atoms with van der Waals surface area (Å²) < 4.78 is 32.2. The third kappa shape index (κ3) is 3.76. The van der Waals surface area contributed by atoms with Gasteiger partial charge >= 0.3 is 0 Å². The zero-order valence-corrected chi connectivity index (χ0v) is 16.5. The summed E-state index contributed by atoms with van der Waals surface area (Å²) in [6.45, 7) is 5.00. The number of ether oxygens (including phenoxy) is 1. The standard InChI is InChI=1S/C20H30N2O3S/c1-26(23,24)22-15-19-6-3-2-5-18(19)13-20(16-22)9-4-10-21(20)14-17-7-11-25-12-8-17/h2-3,5-6,17H,4,7-16H2,1H3.